The molecular weight excluding hydrogens is 400 g/mol. The van der Waals surface area contributed by atoms with Gasteiger partial charge in [-0.2, -0.15) is 0 Å². The van der Waals surface area contributed by atoms with Gasteiger partial charge in [0.15, 0.2) is 12.2 Å². The topological polar surface area (TPSA) is 92.0 Å². The summed E-state index contributed by atoms with van der Waals surface area (Å²) in [5.74, 6) is -0.649. The second kappa shape index (κ2) is 8.41. The minimum absolute atomic E-state index is 0.273. The Hall–Kier alpha value is -3.35. The van der Waals surface area contributed by atoms with Crippen molar-refractivity contribution in [3.05, 3.63) is 63.5 Å². The van der Waals surface area contributed by atoms with Gasteiger partial charge in [0.1, 0.15) is 16.9 Å². The molecule has 0 radical (unpaired) electrons. The number of allylic oxidation sites excluding steroid dienone is 2. The third kappa shape index (κ3) is 4.26. The molecule has 0 saturated heterocycles. The second-order valence-corrected chi connectivity index (χ2v) is 7.95. The first-order chi connectivity index (χ1) is 14.6. The van der Waals surface area contributed by atoms with Gasteiger partial charge in [0.05, 0.1) is 5.56 Å². The van der Waals surface area contributed by atoms with Crippen LogP contribution in [0.15, 0.2) is 56.8 Å². The van der Waals surface area contributed by atoms with Crippen molar-refractivity contribution in [1.29, 1.82) is 0 Å². The highest BCUT2D eigenvalue weighted by Crippen LogP contribution is 2.47. The maximum absolute atomic E-state index is 12.6. The fourth-order valence-electron chi connectivity index (χ4n) is 3.31. The number of esters is 2. The zero-order valence-electron chi connectivity index (χ0n) is 18.5. The number of fused-ring (bicyclic) bond motifs is 3. The summed E-state index contributed by atoms with van der Waals surface area (Å²) in [7, 11) is 0. The van der Waals surface area contributed by atoms with E-state index in [0.29, 0.717) is 27.8 Å². The molecule has 0 bridgehead atoms. The number of carbonyl (C=O) groups is 2. The number of rotatable bonds is 5. The molecule has 2 atom stereocenters. The van der Waals surface area contributed by atoms with Gasteiger partial charge in [-0.3, -0.25) is 0 Å². The van der Waals surface area contributed by atoms with E-state index in [1.165, 1.54) is 6.07 Å². The van der Waals surface area contributed by atoms with Gasteiger partial charge >= 0.3 is 17.6 Å². The standard InChI is InChI=1S/C24H26O7/c1-7-13(3)22(26)30-20-18-16(11-9-15-10-12-17(25)29-19(15)18)28-21(20)24(5,6)31-23(27)14(4)8-2/h7-12,20-21H,1-6H3/b13-7+,14-8+. The molecule has 7 nitrogen and oxygen atoms in total. The van der Waals surface area contributed by atoms with E-state index in [1.54, 1.807) is 71.9 Å². The van der Waals surface area contributed by atoms with Crippen molar-refractivity contribution < 1.29 is 28.2 Å². The number of benzene rings is 1. The van der Waals surface area contributed by atoms with Crippen LogP contribution in [0.2, 0.25) is 0 Å². The van der Waals surface area contributed by atoms with Gasteiger partial charge < -0.3 is 18.6 Å². The lowest BCUT2D eigenvalue weighted by molar-refractivity contribution is -0.172. The molecule has 2 unspecified atom stereocenters. The van der Waals surface area contributed by atoms with Crippen LogP contribution in [0.3, 0.4) is 0 Å². The highest BCUT2D eigenvalue weighted by Gasteiger charge is 2.50. The van der Waals surface area contributed by atoms with Crippen LogP contribution in [-0.2, 0) is 19.1 Å². The van der Waals surface area contributed by atoms with Crippen molar-refractivity contribution >= 4 is 22.9 Å². The van der Waals surface area contributed by atoms with Crippen molar-refractivity contribution in [3.8, 4) is 5.75 Å². The molecule has 0 spiro atoms. The highest BCUT2D eigenvalue weighted by molar-refractivity contribution is 5.89. The van der Waals surface area contributed by atoms with Crippen LogP contribution in [0.25, 0.3) is 11.0 Å². The zero-order chi connectivity index (χ0) is 22.9. The molecular formula is C24H26O7. The molecule has 0 fully saturated rings. The van der Waals surface area contributed by atoms with Crippen LogP contribution in [0.1, 0.15) is 53.2 Å². The molecule has 1 aromatic heterocycles. The van der Waals surface area contributed by atoms with E-state index in [4.69, 9.17) is 18.6 Å². The minimum Gasteiger partial charge on any atom is -0.481 e. The number of ether oxygens (including phenoxy) is 3. The Balaban J connectivity index is 2.11. The van der Waals surface area contributed by atoms with E-state index in [1.807, 2.05) is 0 Å². The molecule has 0 aliphatic carbocycles. The molecule has 31 heavy (non-hydrogen) atoms. The SMILES string of the molecule is C/C=C(\C)C(=O)OC1c2c(ccc3ccc(=O)oc23)OC1C(C)(C)OC(=O)/C(C)=C/C. The molecule has 1 aliphatic rings. The van der Waals surface area contributed by atoms with Crippen LogP contribution >= 0.6 is 0 Å². The molecule has 0 amide bonds. The highest BCUT2D eigenvalue weighted by atomic mass is 16.6. The lowest BCUT2D eigenvalue weighted by Gasteiger charge is -2.33. The first-order valence-electron chi connectivity index (χ1n) is 10.0. The van der Waals surface area contributed by atoms with Crippen molar-refractivity contribution in [2.24, 2.45) is 0 Å². The molecule has 1 aliphatic heterocycles. The first kappa shape index (κ1) is 22.3. The lowest BCUT2D eigenvalue weighted by Crippen LogP contribution is -2.46. The Morgan fingerprint density at radius 1 is 1.00 bits per heavy atom. The average molecular weight is 426 g/mol. The molecule has 2 aromatic rings. The minimum atomic E-state index is -1.17. The summed E-state index contributed by atoms with van der Waals surface area (Å²) in [6, 6.07) is 6.42. The Morgan fingerprint density at radius 2 is 1.61 bits per heavy atom. The van der Waals surface area contributed by atoms with Crippen molar-refractivity contribution in [3.63, 3.8) is 0 Å². The smallest absolute Gasteiger partial charge is 0.336 e. The van der Waals surface area contributed by atoms with Gasteiger partial charge in [0.2, 0.25) is 0 Å². The van der Waals surface area contributed by atoms with E-state index >= 15 is 0 Å². The van der Waals surface area contributed by atoms with Crippen molar-refractivity contribution in [2.45, 2.75) is 59.4 Å². The van der Waals surface area contributed by atoms with Crippen LogP contribution in [0.5, 0.6) is 5.75 Å². The maximum Gasteiger partial charge on any atom is 0.336 e. The molecule has 0 saturated carbocycles. The predicted molar refractivity (Wildman–Crippen MR) is 115 cm³/mol. The van der Waals surface area contributed by atoms with E-state index in [2.05, 4.69) is 0 Å². The Bertz CT molecular complexity index is 1150. The molecule has 164 valence electrons. The quantitative estimate of drug-likeness (QED) is 0.398. The van der Waals surface area contributed by atoms with Crippen LogP contribution in [-0.4, -0.2) is 23.6 Å². The van der Waals surface area contributed by atoms with E-state index in [9.17, 15) is 14.4 Å². The zero-order valence-corrected chi connectivity index (χ0v) is 18.5. The largest absolute Gasteiger partial charge is 0.481 e. The van der Waals surface area contributed by atoms with Gasteiger partial charge in [-0.05, 0) is 59.7 Å². The Kier molecular flexibility index (Phi) is 6.06. The van der Waals surface area contributed by atoms with Gasteiger partial charge in [0, 0.05) is 22.6 Å². The number of hydrogen-bond acceptors (Lipinski definition) is 7. The van der Waals surface area contributed by atoms with Crippen LogP contribution in [0.4, 0.5) is 0 Å². The normalized spacial score (nSPS) is 19.0. The summed E-state index contributed by atoms with van der Waals surface area (Å²) >= 11 is 0. The summed E-state index contributed by atoms with van der Waals surface area (Å²) in [5, 5.41) is 0.658. The van der Waals surface area contributed by atoms with E-state index in [-0.39, 0.29) is 5.58 Å². The van der Waals surface area contributed by atoms with Gasteiger partial charge in [-0.25, -0.2) is 14.4 Å². The maximum atomic E-state index is 12.6. The molecule has 7 heteroatoms. The third-order valence-corrected chi connectivity index (χ3v) is 5.39. The summed E-state index contributed by atoms with van der Waals surface area (Å²) in [5.41, 5.74) is -0.143. The average Bonchev–Trinajstić information content (AvgIpc) is 3.11. The number of hydrogen-bond donors (Lipinski definition) is 0. The molecule has 0 N–H and O–H groups in total. The lowest BCUT2D eigenvalue weighted by atomic mass is 9.93. The van der Waals surface area contributed by atoms with Gasteiger partial charge in [-0.1, -0.05) is 12.2 Å². The third-order valence-electron chi connectivity index (χ3n) is 5.39. The summed E-state index contributed by atoms with van der Waals surface area (Å²) in [6.45, 7) is 10.1. The van der Waals surface area contributed by atoms with Crippen LogP contribution in [0, 0.1) is 0 Å². The van der Waals surface area contributed by atoms with Crippen molar-refractivity contribution in [2.75, 3.05) is 0 Å². The Morgan fingerprint density at radius 3 is 2.26 bits per heavy atom. The summed E-state index contributed by atoms with van der Waals surface area (Å²) in [4.78, 5) is 37.0. The molecule has 2 heterocycles. The first-order valence-corrected chi connectivity index (χ1v) is 10.0. The second-order valence-electron chi connectivity index (χ2n) is 7.95. The predicted octanol–water partition coefficient (Wildman–Crippen LogP) is 4.39. The van der Waals surface area contributed by atoms with Gasteiger partial charge in [-0.15, -0.1) is 0 Å². The van der Waals surface area contributed by atoms with E-state index < -0.39 is 35.4 Å². The van der Waals surface area contributed by atoms with Crippen molar-refractivity contribution in [1.82, 2.24) is 0 Å². The fraction of sp³-hybridized carbons (Fsp3) is 0.375. The molecule has 1 aromatic carbocycles. The Labute approximate surface area is 180 Å². The molecule has 3 rings (SSSR count). The number of carbonyl (C=O) groups excluding carboxylic acids is 2. The fourth-order valence-corrected chi connectivity index (χ4v) is 3.31. The summed E-state index contributed by atoms with van der Waals surface area (Å²) in [6.07, 6.45) is 1.47. The summed E-state index contributed by atoms with van der Waals surface area (Å²) < 4.78 is 23.1. The van der Waals surface area contributed by atoms with Crippen LogP contribution < -0.4 is 10.4 Å². The van der Waals surface area contributed by atoms with Gasteiger partial charge in [0.25, 0.3) is 0 Å². The van der Waals surface area contributed by atoms with E-state index in [0.717, 1.165) is 0 Å². The monoisotopic (exact) mass is 426 g/mol.